The van der Waals surface area contributed by atoms with Crippen LogP contribution in [0.5, 0.6) is 0 Å². The van der Waals surface area contributed by atoms with Gasteiger partial charge in [0.2, 0.25) is 5.95 Å². The molecule has 0 N–H and O–H groups in total. The molecule has 0 atom stereocenters. The Morgan fingerprint density at radius 1 is 1.33 bits per heavy atom. The largest absolute Gasteiger partial charge is 0.380 e. The van der Waals surface area contributed by atoms with E-state index in [4.69, 9.17) is 9.72 Å². The van der Waals surface area contributed by atoms with E-state index < -0.39 is 0 Å². The van der Waals surface area contributed by atoms with Crippen LogP contribution in [0, 0.1) is 12.3 Å². The second-order valence-corrected chi connectivity index (χ2v) is 7.12. The van der Waals surface area contributed by atoms with Crippen molar-refractivity contribution in [3.8, 4) is 0 Å². The summed E-state index contributed by atoms with van der Waals surface area (Å²) in [7, 11) is 1.79. The SMILES string of the molecule is Cc1cc(Br)c2nc(N3CC4(COC4)C3)n(C)c(=O)c2c1. The number of rotatable bonds is 1. The molecule has 5 nitrogen and oxygen atoms in total. The van der Waals surface area contributed by atoms with Gasteiger partial charge in [-0.1, -0.05) is 0 Å². The summed E-state index contributed by atoms with van der Waals surface area (Å²) in [5.74, 6) is 0.745. The highest BCUT2D eigenvalue weighted by Gasteiger charge is 2.50. The fourth-order valence-electron chi connectivity index (χ4n) is 3.22. The Kier molecular flexibility index (Phi) is 2.72. The van der Waals surface area contributed by atoms with Gasteiger partial charge < -0.3 is 9.64 Å². The van der Waals surface area contributed by atoms with E-state index in [1.165, 1.54) is 0 Å². The van der Waals surface area contributed by atoms with Crippen molar-refractivity contribution in [3.05, 3.63) is 32.5 Å². The molecule has 1 aromatic heterocycles. The first-order valence-corrected chi connectivity index (χ1v) is 7.78. The van der Waals surface area contributed by atoms with Gasteiger partial charge in [0.25, 0.3) is 5.56 Å². The fraction of sp³-hybridized carbons (Fsp3) is 0.467. The molecule has 3 heterocycles. The second kappa shape index (κ2) is 4.30. The lowest BCUT2D eigenvalue weighted by atomic mass is 9.78. The zero-order chi connectivity index (χ0) is 14.8. The van der Waals surface area contributed by atoms with Gasteiger partial charge in [0.1, 0.15) is 0 Å². The number of halogens is 1. The summed E-state index contributed by atoms with van der Waals surface area (Å²) >= 11 is 3.53. The third kappa shape index (κ3) is 1.85. The van der Waals surface area contributed by atoms with Gasteiger partial charge in [0.15, 0.2) is 0 Å². The van der Waals surface area contributed by atoms with E-state index in [9.17, 15) is 4.79 Å². The van der Waals surface area contributed by atoms with Gasteiger partial charge in [-0.25, -0.2) is 4.98 Å². The fourth-order valence-corrected chi connectivity index (χ4v) is 3.88. The first kappa shape index (κ1) is 13.3. The van der Waals surface area contributed by atoms with Crippen LogP contribution in [0.4, 0.5) is 5.95 Å². The van der Waals surface area contributed by atoms with Crippen LogP contribution in [0.15, 0.2) is 21.4 Å². The summed E-state index contributed by atoms with van der Waals surface area (Å²) in [4.78, 5) is 19.5. The number of aryl methyl sites for hydroxylation is 1. The number of hydrogen-bond acceptors (Lipinski definition) is 4. The molecule has 1 aromatic carbocycles. The molecule has 0 saturated carbocycles. The Balaban J connectivity index is 1.83. The van der Waals surface area contributed by atoms with Crippen LogP contribution >= 0.6 is 15.9 Å². The van der Waals surface area contributed by atoms with Crippen LogP contribution < -0.4 is 10.5 Å². The van der Waals surface area contributed by atoms with Crippen LogP contribution in [0.2, 0.25) is 0 Å². The number of aromatic nitrogens is 2. The van der Waals surface area contributed by atoms with Crippen molar-refractivity contribution in [1.82, 2.24) is 9.55 Å². The summed E-state index contributed by atoms with van der Waals surface area (Å²) in [6.07, 6.45) is 0. The average Bonchev–Trinajstić information content (AvgIpc) is 2.33. The lowest BCUT2D eigenvalue weighted by molar-refractivity contribution is -0.127. The number of fused-ring (bicyclic) bond motifs is 1. The van der Waals surface area contributed by atoms with Crippen LogP contribution in [0.1, 0.15) is 5.56 Å². The molecule has 21 heavy (non-hydrogen) atoms. The summed E-state index contributed by atoms with van der Waals surface area (Å²) in [5.41, 5.74) is 2.10. The minimum Gasteiger partial charge on any atom is -0.380 e. The van der Waals surface area contributed by atoms with Crippen LogP contribution in [0.3, 0.4) is 0 Å². The van der Waals surface area contributed by atoms with Gasteiger partial charge in [-0.3, -0.25) is 9.36 Å². The summed E-state index contributed by atoms with van der Waals surface area (Å²) < 4.78 is 7.82. The van der Waals surface area contributed by atoms with Gasteiger partial charge in [-0.2, -0.15) is 0 Å². The van der Waals surface area contributed by atoms with E-state index in [0.29, 0.717) is 10.8 Å². The maximum atomic E-state index is 12.6. The van der Waals surface area contributed by atoms with Gasteiger partial charge in [0.05, 0.1) is 29.5 Å². The standard InChI is InChI=1S/C15H16BrN3O2/c1-9-3-10-12(11(16)4-9)17-14(18(2)13(10)20)19-5-15(6-19)7-21-8-15/h3-4H,5-8H2,1-2H3. The molecular weight excluding hydrogens is 334 g/mol. The van der Waals surface area contributed by atoms with Gasteiger partial charge >= 0.3 is 0 Å². The minimum atomic E-state index is 0.00482. The number of benzene rings is 1. The van der Waals surface area contributed by atoms with E-state index >= 15 is 0 Å². The maximum Gasteiger partial charge on any atom is 0.262 e. The summed E-state index contributed by atoms with van der Waals surface area (Å²) in [6, 6.07) is 3.90. The molecule has 2 aliphatic heterocycles. The molecule has 0 bridgehead atoms. The van der Waals surface area contributed by atoms with Crippen molar-refractivity contribution in [2.75, 3.05) is 31.2 Å². The van der Waals surface area contributed by atoms with E-state index in [1.54, 1.807) is 11.6 Å². The Morgan fingerprint density at radius 2 is 2.05 bits per heavy atom. The van der Waals surface area contributed by atoms with Crippen molar-refractivity contribution in [3.63, 3.8) is 0 Å². The molecule has 0 unspecified atom stereocenters. The van der Waals surface area contributed by atoms with Crippen molar-refractivity contribution in [2.24, 2.45) is 12.5 Å². The third-order valence-corrected chi connectivity index (χ3v) is 5.01. The molecule has 2 fully saturated rings. The van der Waals surface area contributed by atoms with E-state index in [0.717, 1.165) is 47.8 Å². The molecule has 4 rings (SSSR count). The summed E-state index contributed by atoms with van der Waals surface area (Å²) in [5, 5.41) is 0.662. The molecule has 0 radical (unpaired) electrons. The second-order valence-electron chi connectivity index (χ2n) is 6.27. The predicted molar refractivity (Wildman–Crippen MR) is 84.9 cm³/mol. The van der Waals surface area contributed by atoms with Crippen molar-refractivity contribution < 1.29 is 4.74 Å². The monoisotopic (exact) mass is 349 g/mol. The summed E-state index contributed by atoms with van der Waals surface area (Å²) in [6.45, 7) is 5.47. The number of hydrogen-bond donors (Lipinski definition) is 0. The van der Waals surface area contributed by atoms with Crippen molar-refractivity contribution in [2.45, 2.75) is 6.92 Å². The Morgan fingerprint density at radius 3 is 2.67 bits per heavy atom. The molecule has 2 saturated heterocycles. The zero-order valence-electron chi connectivity index (χ0n) is 12.0. The highest BCUT2D eigenvalue weighted by atomic mass is 79.9. The van der Waals surface area contributed by atoms with Gasteiger partial charge in [0, 0.05) is 24.6 Å². The van der Waals surface area contributed by atoms with Crippen LogP contribution in [-0.2, 0) is 11.8 Å². The van der Waals surface area contributed by atoms with Crippen LogP contribution in [-0.4, -0.2) is 35.9 Å². The Bertz CT molecular complexity index is 803. The predicted octanol–water partition coefficient (Wildman–Crippen LogP) is 1.84. The smallest absolute Gasteiger partial charge is 0.262 e. The molecule has 2 aliphatic rings. The average molecular weight is 350 g/mol. The molecular formula is C15H16BrN3O2. The lowest BCUT2D eigenvalue weighted by Crippen LogP contribution is -2.66. The number of ether oxygens (including phenoxy) is 1. The molecule has 6 heteroatoms. The Hall–Kier alpha value is -1.40. The Labute approximate surface area is 130 Å². The maximum absolute atomic E-state index is 12.6. The molecule has 2 aromatic rings. The van der Waals surface area contributed by atoms with Crippen LogP contribution in [0.25, 0.3) is 10.9 Å². The number of nitrogens with zero attached hydrogens (tertiary/aromatic N) is 3. The normalized spacial score (nSPS) is 19.7. The topological polar surface area (TPSA) is 47.4 Å². The highest BCUT2D eigenvalue weighted by Crippen LogP contribution is 2.39. The quantitative estimate of drug-likeness (QED) is 0.788. The van der Waals surface area contributed by atoms with Crippen molar-refractivity contribution in [1.29, 1.82) is 0 Å². The first-order chi connectivity index (χ1) is 9.99. The number of anilines is 1. The third-order valence-electron chi connectivity index (χ3n) is 4.41. The molecule has 1 spiro atoms. The highest BCUT2D eigenvalue weighted by molar-refractivity contribution is 9.10. The first-order valence-electron chi connectivity index (χ1n) is 6.99. The van der Waals surface area contributed by atoms with E-state index in [-0.39, 0.29) is 5.56 Å². The molecule has 0 amide bonds. The lowest BCUT2D eigenvalue weighted by Gasteiger charge is -2.55. The van der Waals surface area contributed by atoms with Crippen molar-refractivity contribution >= 4 is 32.8 Å². The van der Waals surface area contributed by atoms with Gasteiger partial charge in [-0.15, -0.1) is 0 Å². The molecule has 110 valence electrons. The van der Waals surface area contributed by atoms with E-state index in [2.05, 4.69) is 20.8 Å². The van der Waals surface area contributed by atoms with E-state index in [1.807, 2.05) is 19.1 Å². The minimum absolute atomic E-state index is 0.00482. The van der Waals surface area contributed by atoms with Gasteiger partial charge in [-0.05, 0) is 40.5 Å². The zero-order valence-corrected chi connectivity index (χ0v) is 13.6. The molecule has 0 aliphatic carbocycles.